The summed E-state index contributed by atoms with van der Waals surface area (Å²) in [7, 11) is 0. The minimum atomic E-state index is -0.179. The molecule has 122 valence electrons. The van der Waals surface area contributed by atoms with Crippen LogP contribution in [0.5, 0.6) is 0 Å². The Hall–Kier alpha value is -2.50. The van der Waals surface area contributed by atoms with Crippen LogP contribution in [0.4, 0.5) is 10.1 Å². The molecule has 5 rings (SSSR count). The van der Waals surface area contributed by atoms with E-state index in [0.29, 0.717) is 11.8 Å². The summed E-state index contributed by atoms with van der Waals surface area (Å²) in [6.45, 7) is 1.89. The smallest absolute Gasteiger partial charge is 0.200 e. The van der Waals surface area contributed by atoms with Gasteiger partial charge in [-0.1, -0.05) is 12.1 Å². The molecule has 6 heteroatoms. The molecule has 0 spiro atoms. The Kier molecular flexibility index (Phi) is 3.04. The predicted octanol–water partition coefficient (Wildman–Crippen LogP) is 3.13. The Morgan fingerprint density at radius 3 is 2.67 bits per heavy atom. The van der Waals surface area contributed by atoms with Crippen molar-refractivity contribution in [2.24, 2.45) is 0 Å². The molecule has 1 saturated carbocycles. The van der Waals surface area contributed by atoms with Crippen LogP contribution in [0.2, 0.25) is 0 Å². The van der Waals surface area contributed by atoms with Gasteiger partial charge < -0.3 is 4.90 Å². The van der Waals surface area contributed by atoms with E-state index in [9.17, 15) is 4.39 Å². The van der Waals surface area contributed by atoms with Gasteiger partial charge in [-0.05, 0) is 43.0 Å². The first kappa shape index (κ1) is 13.9. The zero-order chi connectivity index (χ0) is 16.1. The van der Waals surface area contributed by atoms with Gasteiger partial charge >= 0.3 is 0 Å². The van der Waals surface area contributed by atoms with Gasteiger partial charge in [-0.15, -0.1) is 10.2 Å². The lowest BCUT2D eigenvalue weighted by molar-refractivity contribution is 0.625. The molecule has 0 N–H and O–H groups in total. The summed E-state index contributed by atoms with van der Waals surface area (Å²) in [5, 5.41) is 12.9. The fraction of sp³-hybridized carbons (Fsp3) is 0.389. The largest absolute Gasteiger partial charge is 0.368 e. The zero-order valence-electron chi connectivity index (χ0n) is 13.3. The van der Waals surface area contributed by atoms with Crippen LogP contribution in [-0.4, -0.2) is 32.9 Å². The lowest BCUT2D eigenvalue weighted by Crippen LogP contribution is -2.21. The molecule has 3 heterocycles. The second kappa shape index (κ2) is 5.26. The number of anilines is 1. The molecule has 1 aliphatic heterocycles. The molecule has 3 aromatic rings. The molecule has 2 fully saturated rings. The quantitative estimate of drug-likeness (QED) is 0.743. The average molecular weight is 323 g/mol. The van der Waals surface area contributed by atoms with Gasteiger partial charge in [0.2, 0.25) is 5.65 Å². The topological polar surface area (TPSA) is 46.3 Å². The normalized spacial score (nSPS) is 20.9. The first-order chi connectivity index (χ1) is 11.8. The third-order valence-electron chi connectivity index (χ3n) is 5.13. The average Bonchev–Trinajstić information content (AvgIpc) is 3.15. The first-order valence-corrected chi connectivity index (χ1v) is 8.49. The fourth-order valence-corrected chi connectivity index (χ4v) is 3.63. The van der Waals surface area contributed by atoms with Crippen molar-refractivity contribution in [2.45, 2.75) is 31.1 Å². The standard InChI is InChI=1S/C18H18FN5/c19-15-5-3-12(4-6-15)14-7-8-23(10-14)17-9-16(13-1-2-13)22-24-11-20-21-18(17)24/h3-6,9,11,13-14H,1-2,7-8,10H2. The molecular weight excluding hydrogens is 305 g/mol. The summed E-state index contributed by atoms with van der Waals surface area (Å²) in [5.41, 5.74) is 4.28. The fourth-order valence-electron chi connectivity index (χ4n) is 3.63. The van der Waals surface area contributed by atoms with Crippen LogP contribution in [0.15, 0.2) is 36.7 Å². The lowest BCUT2D eigenvalue weighted by atomic mass is 9.99. The van der Waals surface area contributed by atoms with Crippen molar-refractivity contribution in [1.29, 1.82) is 0 Å². The number of halogens is 1. The molecule has 0 radical (unpaired) electrons. The maximum Gasteiger partial charge on any atom is 0.200 e. The van der Waals surface area contributed by atoms with Crippen LogP contribution in [0.1, 0.15) is 42.4 Å². The van der Waals surface area contributed by atoms with Crippen LogP contribution in [0.3, 0.4) is 0 Å². The van der Waals surface area contributed by atoms with Crippen LogP contribution in [-0.2, 0) is 0 Å². The van der Waals surface area contributed by atoms with Crippen LogP contribution >= 0.6 is 0 Å². The van der Waals surface area contributed by atoms with Crippen LogP contribution < -0.4 is 4.90 Å². The highest BCUT2D eigenvalue weighted by Crippen LogP contribution is 2.41. The molecule has 1 unspecified atom stereocenters. The summed E-state index contributed by atoms with van der Waals surface area (Å²) in [4.78, 5) is 2.37. The maximum atomic E-state index is 13.1. The molecule has 0 amide bonds. The molecule has 2 aromatic heterocycles. The summed E-state index contributed by atoms with van der Waals surface area (Å²) in [6.07, 6.45) is 5.18. The number of benzene rings is 1. The molecule has 2 aliphatic rings. The van der Waals surface area contributed by atoms with Crippen molar-refractivity contribution in [3.8, 4) is 0 Å². The van der Waals surface area contributed by atoms with E-state index in [1.807, 2.05) is 12.1 Å². The van der Waals surface area contributed by atoms with Gasteiger partial charge in [-0.3, -0.25) is 0 Å². The summed E-state index contributed by atoms with van der Waals surface area (Å²) < 4.78 is 14.9. The minimum absolute atomic E-state index is 0.179. The Labute approximate surface area is 139 Å². The molecule has 1 atom stereocenters. The number of hydrogen-bond acceptors (Lipinski definition) is 4. The second-order valence-electron chi connectivity index (χ2n) is 6.81. The third-order valence-corrected chi connectivity index (χ3v) is 5.13. The Morgan fingerprint density at radius 2 is 1.88 bits per heavy atom. The highest BCUT2D eigenvalue weighted by Gasteiger charge is 2.30. The summed E-state index contributed by atoms with van der Waals surface area (Å²) in [5.74, 6) is 0.833. The van der Waals surface area contributed by atoms with E-state index in [1.165, 1.54) is 18.4 Å². The minimum Gasteiger partial charge on any atom is -0.368 e. The third kappa shape index (κ3) is 2.33. The van der Waals surface area contributed by atoms with Crippen molar-refractivity contribution in [3.05, 3.63) is 53.7 Å². The lowest BCUT2D eigenvalue weighted by Gasteiger charge is -2.20. The van der Waals surface area contributed by atoms with E-state index in [2.05, 4.69) is 26.3 Å². The van der Waals surface area contributed by atoms with Crippen molar-refractivity contribution in [2.75, 3.05) is 18.0 Å². The monoisotopic (exact) mass is 323 g/mol. The van der Waals surface area contributed by atoms with Gasteiger partial charge in [-0.25, -0.2) is 4.39 Å². The van der Waals surface area contributed by atoms with Crippen LogP contribution in [0, 0.1) is 5.82 Å². The van der Waals surface area contributed by atoms with E-state index in [0.717, 1.165) is 36.5 Å². The number of rotatable bonds is 3. The maximum absolute atomic E-state index is 13.1. The molecule has 1 saturated heterocycles. The van der Waals surface area contributed by atoms with E-state index < -0.39 is 0 Å². The number of fused-ring (bicyclic) bond motifs is 1. The van der Waals surface area contributed by atoms with Crippen molar-refractivity contribution in [3.63, 3.8) is 0 Å². The summed E-state index contributed by atoms with van der Waals surface area (Å²) >= 11 is 0. The van der Waals surface area contributed by atoms with Gasteiger partial charge in [-0.2, -0.15) is 9.61 Å². The first-order valence-electron chi connectivity index (χ1n) is 8.49. The second-order valence-corrected chi connectivity index (χ2v) is 6.81. The number of nitrogens with zero attached hydrogens (tertiary/aromatic N) is 5. The Balaban J connectivity index is 1.47. The van der Waals surface area contributed by atoms with Gasteiger partial charge in [0.1, 0.15) is 12.1 Å². The van der Waals surface area contributed by atoms with E-state index in [-0.39, 0.29) is 5.82 Å². The van der Waals surface area contributed by atoms with Crippen molar-refractivity contribution >= 4 is 11.3 Å². The van der Waals surface area contributed by atoms with Gasteiger partial charge in [0, 0.05) is 24.9 Å². The number of aromatic nitrogens is 4. The van der Waals surface area contributed by atoms with Gasteiger partial charge in [0.15, 0.2) is 0 Å². The van der Waals surface area contributed by atoms with E-state index in [4.69, 9.17) is 0 Å². The van der Waals surface area contributed by atoms with E-state index >= 15 is 0 Å². The molecule has 1 aromatic carbocycles. The molecule has 24 heavy (non-hydrogen) atoms. The highest BCUT2D eigenvalue weighted by atomic mass is 19.1. The zero-order valence-corrected chi connectivity index (χ0v) is 13.3. The Bertz CT molecular complexity index is 884. The molecule has 0 bridgehead atoms. The van der Waals surface area contributed by atoms with Crippen molar-refractivity contribution in [1.82, 2.24) is 19.8 Å². The SMILES string of the molecule is Fc1ccc(C2CCN(c3cc(C4CC4)nn4cnnc34)C2)cc1. The van der Waals surface area contributed by atoms with Gasteiger partial charge in [0.25, 0.3) is 0 Å². The molecule has 5 nitrogen and oxygen atoms in total. The Morgan fingerprint density at radius 1 is 1.04 bits per heavy atom. The summed E-state index contributed by atoms with van der Waals surface area (Å²) in [6, 6.07) is 9.09. The highest BCUT2D eigenvalue weighted by molar-refractivity contribution is 5.69. The van der Waals surface area contributed by atoms with Gasteiger partial charge in [0.05, 0.1) is 11.4 Å². The number of hydrogen-bond donors (Lipinski definition) is 0. The van der Waals surface area contributed by atoms with E-state index in [1.54, 1.807) is 23.0 Å². The van der Waals surface area contributed by atoms with Crippen molar-refractivity contribution < 1.29 is 4.39 Å². The molecule has 1 aliphatic carbocycles. The van der Waals surface area contributed by atoms with Crippen LogP contribution in [0.25, 0.3) is 5.65 Å². The molecular formula is C18H18FN5. The predicted molar refractivity (Wildman–Crippen MR) is 88.7 cm³/mol.